The van der Waals surface area contributed by atoms with Gasteiger partial charge in [0.15, 0.2) is 57.5 Å². The normalized spacial score (nSPS) is 23.6. The van der Waals surface area contributed by atoms with E-state index in [0.29, 0.717) is 0 Å². The third kappa shape index (κ3) is 8.49. The summed E-state index contributed by atoms with van der Waals surface area (Å²) in [4.78, 5) is 13.6. The number of hydrogen-bond donors (Lipinski definition) is 15. The zero-order valence-electron chi connectivity index (χ0n) is 41.1. The SMILES string of the molecule is COc1cc(-c2oc3cc(=O)cc4oc(-c5c(O)cc(O)c6c5O[C@H](c5ccc(O)c(O)c5)[C@@H](O)C6c5c(O)cc(O)c6c5O[C@H](c5ccc(O)c(O)c5)[C@@H](O)C6)cc(c2O[C@@H]2O[C@H](CO)[C@@H](O)[C@H](O)[C@H]2O)c43)cc(OC)c1O. The number of fused-ring (bicyclic) bond motifs is 2. The molecule has 3 aliphatic heterocycles. The molecule has 0 radical (unpaired) electrons. The highest BCUT2D eigenvalue weighted by molar-refractivity contribution is 6.11. The quantitative estimate of drug-likeness (QED) is 0.0858. The number of benzene rings is 6. The lowest BCUT2D eigenvalue weighted by Crippen LogP contribution is -2.60. The number of rotatable bonds is 10. The van der Waals surface area contributed by atoms with Crippen molar-refractivity contribution in [3.05, 3.63) is 117 Å². The van der Waals surface area contributed by atoms with Crippen molar-refractivity contribution in [2.24, 2.45) is 0 Å². The highest BCUT2D eigenvalue weighted by atomic mass is 16.7. The van der Waals surface area contributed by atoms with E-state index >= 15 is 0 Å². The van der Waals surface area contributed by atoms with E-state index in [-0.39, 0.29) is 90.5 Å². The summed E-state index contributed by atoms with van der Waals surface area (Å²) >= 11 is 0. The molecule has 15 N–H and O–H groups in total. The van der Waals surface area contributed by atoms with Crippen molar-refractivity contribution >= 4 is 21.9 Å². The largest absolute Gasteiger partial charge is 0.507 e. The van der Waals surface area contributed by atoms with Gasteiger partial charge in [0.1, 0.15) is 93.6 Å². The Balaban J connectivity index is 1.20. The standard InChI is InChI=1S/C55H48O24/c1-72-36-9-20(10-37(73-2)44(36)67)51-53(79-55-48(71)47(70)45(68)38(17-56)76-55)23-14-35(74-33-11-21(57)12-34(75-51)39(23)33)40-29(63)16-31(65)42-43(46(69)50(78-54(40)42)19-4-6-25(59)28(62)8-19)41-30(64)15-26(60)22-13-32(66)49(77-52(22)41)18-3-5-24(58)27(61)7-18/h3-12,14-16,32,38,43,45-50,55-56,58-71H,13,17H2,1-2H3/t32-,38+,43?,45+,46-,47-,48+,49+,50+,55-/m0/s1. The summed E-state index contributed by atoms with van der Waals surface area (Å²) in [6, 6.07) is 14.7. The number of ether oxygens (including phenoxy) is 6. The molecule has 79 heavy (non-hydrogen) atoms. The first-order valence-electron chi connectivity index (χ1n) is 24.1. The van der Waals surface area contributed by atoms with E-state index in [9.17, 15) is 81.4 Å². The van der Waals surface area contributed by atoms with Crippen LogP contribution in [0.1, 0.15) is 45.9 Å². The Labute approximate surface area is 443 Å². The number of methoxy groups -OCH3 is 2. The predicted molar refractivity (Wildman–Crippen MR) is 269 cm³/mol. The molecule has 1 unspecified atom stereocenters. The summed E-state index contributed by atoms with van der Waals surface area (Å²) in [5, 5.41) is 167. The molecule has 5 heterocycles. The molecule has 0 saturated carbocycles. The van der Waals surface area contributed by atoms with Gasteiger partial charge in [0.2, 0.25) is 12.0 Å². The van der Waals surface area contributed by atoms with E-state index in [0.717, 1.165) is 48.5 Å². The zero-order valence-corrected chi connectivity index (χ0v) is 41.1. The molecule has 0 amide bonds. The molecule has 1 saturated heterocycles. The second-order valence-electron chi connectivity index (χ2n) is 19.1. The molecule has 11 rings (SSSR count). The second kappa shape index (κ2) is 19.5. The first-order valence-corrected chi connectivity index (χ1v) is 24.1. The zero-order chi connectivity index (χ0) is 56.2. The van der Waals surface area contributed by atoms with Gasteiger partial charge in [-0.25, -0.2) is 0 Å². The highest BCUT2D eigenvalue weighted by Crippen LogP contribution is 2.61. The van der Waals surface area contributed by atoms with Crippen molar-refractivity contribution < 1.29 is 114 Å². The van der Waals surface area contributed by atoms with Crippen LogP contribution in [0.3, 0.4) is 0 Å². The molecule has 24 nitrogen and oxygen atoms in total. The molecule has 0 bridgehead atoms. The van der Waals surface area contributed by atoms with Gasteiger partial charge in [0.05, 0.1) is 38.2 Å². The Kier molecular flexibility index (Phi) is 12.8. The van der Waals surface area contributed by atoms with Gasteiger partial charge >= 0.3 is 0 Å². The minimum absolute atomic E-state index is 0.000298. The van der Waals surface area contributed by atoms with E-state index in [4.69, 9.17) is 37.3 Å². The van der Waals surface area contributed by atoms with Crippen LogP contribution in [-0.2, 0) is 11.2 Å². The van der Waals surface area contributed by atoms with Crippen molar-refractivity contribution in [1.82, 2.24) is 0 Å². The van der Waals surface area contributed by atoms with Gasteiger partial charge in [-0.2, -0.15) is 0 Å². The van der Waals surface area contributed by atoms with Crippen LogP contribution in [0.25, 0.3) is 44.6 Å². The molecule has 10 atom stereocenters. The summed E-state index contributed by atoms with van der Waals surface area (Å²) in [5.74, 6) is -9.66. The van der Waals surface area contributed by atoms with Crippen LogP contribution < -0.4 is 29.1 Å². The molecule has 3 aliphatic rings. The lowest BCUT2D eigenvalue weighted by Gasteiger charge is -2.41. The number of phenolic OH excluding ortho intramolecular Hbond substituents is 9. The fourth-order valence-corrected chi connectivity index (χ4v) is 10.5. The smallest absolute Gasteiger partial charge is 0.229 e. The predicted octanol–water partition coefficient (Wildman–Crippen LogP) is 4.08. The van der Waals surface area contributed by atoms with Crippen LogP contribution in [0.15, 0.2) is 92.5 Å². The Morgan fingerprint density at radius 1 is 0.582 bits per heavy atom. The third-order valence-electron chi connectivity index (χ3n) is 14.4. The lowest BCUT2D eigenvalue weighted by atomic mass is 9.76. The van der Waals surface area contributed by atoms with Crippen molar-refractivity contribution in [3.8, 4) is 103 Å². The van der Waals surface area contributed by atoms with Gasteiger partial charge < -0.3 is 114 Å². The van der Waals surface area contributed by atoms with Crippen molar-refractivity contribution in [2.75, 3.05) is 20.8 Å². The summed E-state index contributed by atoms with van der Waals surface area (Å²) in [5.41, 5.74) is -2.31. The maximum Gasteiger partial charge on any atom is 0.229 e. The Bertz CT molecular complexity index is 3780. The average molecular weight is 1090 g/mol. The molecule has 2 aromatic heterocycles. The van der Waals surface area contributed by atoms with E-state index in [2.05, 4.69) is 0 Å². The van der Waals surface area contributed by atoms with Crippen LogP contribution in [0, 0.1) is 0 Å². The van der Waals surface area contributed by atoms with Gasteiger partial charge in [-0.05, 0) is 53.6 Å². The van der Waals surface area contributed by atoms with Crippen LogP contribution in [-0.4, -0.2) is 140 Å². The molecule has 412 valence electrons. The number of phenols is 9. The Morgan fingerprint density at radius 3 is 1.77 bits per heavy atom. The Morgan fingerprint density at radius 2 is 1.16 bits per heavy atom. The maximum atomic E-state index is 13.6. The highest BCUT2D eigenvalue weighted by Gasteiger charge is 2.49. The first-order chi connectivity index (χ1) is 37.7. The number of aromatic hydroxyl groups is 9. The fraction of sp³-hybridized carbons (Fsp3) is 0.255. The van der Waals surface area contributed by atoms with Crippen LogP contribution >= 0.6 is 0 Å². The van der Waals surface area contributed by atoms with Gasteiger partial charge in [0, 0.05) is 58.3 Å². The monoisotopic (exact) mass is 1090 g/mol. The third-order valence-corrected chi connectivity index (χ3v) is 14.4. The Hall–Kier alpha value is -9.01. The second-order valence-corrected chi connectivity index (χ2v) is 19.1. The summed E-state index contributed by atoms with van der Waals surface area (Å²) in [6.45, 7) is -0.860. The number of aliphatic hydroxyl groups is 6. The molecular weight excluding hydrogens is 1040 g/mol. The molecule has 0 aliphatic carbocycles. The van der Waals surface area contributed by atoms with Crippen molar-refractivity contribution in [2.45, 2.75) is 67.5 Å². The summed E-state index contributed by atoms with van der Waals surface area (Å²) in [7, 11) is 2.49. The topological polar surface area (TPSA) is 402 Å². The average Bonchev–Trinajstić information content (AvgIpc) is 3.45. The van der Waals surface area contributed by atoms with Crippen LogP contribution in [0.5, 0.6) is 80.5 Å². The van der Waals surface area contributed by atoms with Gasteiger partial charge in [-0.15, -0.1) is 0 Å². The molecule has 1 fully saturated rings. The minimum Gasteiger partial charge on any atom is -0.507 e. The summed E-state index contributed by atoms with van der Waals surface area (Å²) < 4.78 is 48.8. The maximum absolute atomic E-state index is 13.6. The fourth-order valence-electron chi connectivity index (χ4n) is 10.5. The number of hydrogen-bond acceptors (Lipinski definition) is 24. The molecule has 6 aromatic carbocycles. The van der Waals surface area contributed by atoms with Crippen molar-refractivity contribution in [1.29, 1.82) is 0 Å². The van der Waals surface area contributed by atoms with E-state index in [1.54, 1.807) is 0 Å². The van der Waals surface area contributed by atoms with Gasteiger partial charge in [-0.1, -0.05) is 12.1 Å². The van der Waals surface area contributed by atoms with Gasteiger partial charge in [0.25, 0.3) is 0 Å². The first kappa shape index (κ1) is 52.1. The van der Waals surface area contributed by atoms with Crippen LogP contribution in [0.4, 0.5) is 0 Å². The lowest BCUT2D eigenvalue weighted by molar-refractivity contribution is -0.277. The summed E-state index contributed by atoms with van der Waals surface area (Å²) in [6.07, 6.45) is -16.1. The molecular formula is C55H48O24. The van der Waals surface area contributed by atoms with E-state index in [1.165, 1.54) is 44.6 Å². The van der Waals surface area contributed by atoms with E-state index < -0.39 is 142 Å². The molecule has 0 spiro atoms. The number of aliphatic hydroxyl groups excluding tert-OH is 6. The molecule has 8 aromatic rings. The molecule has 24 heteroatoms. The van der Waals surface area contributed by atoms with Gasteiger partial charge in [-0.3, -0.25) is 4.79 Å². The minimum atomic E-state index is -2.02. The van der Waals surface area contributed by atoms with Crippen LogP contribution in [0.2, 0.25) is 0 Å². The van der Waals surface area contributed by atoms with E-state index in [1.807, 2.05) is 0 Å². The van der Waals surface area contributed by atoms with Crippen molar-refractivity contribution in [3.63, 3.8) is 0 Å².